The third-order valence-electron chi connectivity index (χ3n) is 6.29. The second-order valence-corrected chi connectivity index (χ2v) is 12.7. The van der Waals surface area contributed by atoms with E-state index in [1.807, 2.05) is 18.2 Å². The second kappa shape index (κ2) is 9.79. The molecule has 0 aliphatic heterocycles. The number of methoxy groups -OCH3 is 1. The Hall–Kier alpha value is -1.86. The van der Waals surface area contributed by atoms with E-state index in [4.69, 9.17) is 9.47 Å². The Labute approximate surface area is 209 Å². The lowest BCUT2D eigenvalue weighted by Crippen LogP contribution is -2.26. The van der Waals surface area contributed by atoms with Crippen LogP contribution in [0.2, 0.25) is 0 Å². The summed E-state index contributed by atoms with van der Waals surface area (Å²) < 4.78 is 11.6. The van der Waals surface area contributed by atoms with Crippen molar-refractivity contribution in [2.45, 2.75) is 66.2 Å². The minimum Gasteiger partial charge on any atom is -0.483 e. The first-order valence-electron chi connectivity index (χ1n) is 11.3. The van der Waals surface area contributed by atoms with Crippen LogP contribution in [0.15, 0.2) is 22.7 Å². The van der Waals surface area contributed by atoms with Crippen molar-refractivity contribution in [1.29, 1.82) is 0 Å². The van der Waals surface area contributed by atoms with Gasteiger partial charge in [-0.05, 0) is 75.2 Å². The van der Waals surface area contributed by atoms with Gasteiger partial charge in [0, 0.05) is 4.88 Å². The summed E-state index contributed by atoms with van der Waals surface area (Å²) in [6, 6.07) is 5.89. The summed E-state index contributed by atoms with van der Waals surface area (Å²) in [5.41, 5.74) is 2.90. The summed E-state index contributed by atoms with van der Waals surface area (Å²) in [5, 5.41) is 3.45. The zero-order valence-electron chi connectivity index (χ0n) is 20.6. The maximum absolute atomic E-state index is 12.7. The number of carbonyl (C=O) groups is 2. The molecule has 0 saturated carbocycles. The monoisotopic (exact) mass is 535 g/mol. The molecule has 0 saturated heterocycles. The minimum absolute atomic E-state index is 0.0208. The lowest BCUT2D eigenvalue weighted by Gasteiger charge is -2.33. The average molecular weight is 537 g/mol. The number of hydrogen-bond acceptors (Lipinski definition) is 5. The summed E-state index contributed by atoms with van der Waals surface area (Å²) in [7, 11) is 1.38. The van der Waals surface area contributed by atoms with Crippen LogP contribution in [0.1, 0.15) is 74.3 Å². The number of ether oxygens (including phenoxy) is 2. The van der Waals surface area contributed by atoms with E-state index in [1.54, 1.807) is 0 Å². The van der Waals surface area contributed by atoms with Crippen LogP contribution in [-0.4, -0.2) is 25.6 Å². The van der Waals surface area contributed by atoms with Crippen molar-refractivity contribution >= 4 is 44.1 Å². The summed E-state index contributed by atoms with van der Waals surface area (Å²) in [6.45, 7) is 13.0. The summed E-state index contributed by atoms with van der Waals surface area (Å²) in [5.74, 6) is 0.427. The minimum atomic E-state index is -0.404. The van der Waals surface area contributed by atoms with Gasteiger partial charge in [-0.25, -0.2) is 4.79 Å². The number of benzene rings is 1. The summed E-state index contributed by atoms with van der Waals surface area (Å²) in [6.07, 6.45) is 2.75. The average Bonchev–Trinajstić information content (AvgIpc) is 3.07. The standard InChI is InChI=1S/C26H34BrNO4S/c1-25(2,3)15-9-11-19(18(27)12-15)32-14-21(29)28-23-22(24(30)31-7)17-10-8-16(26(4,5)6)13-20(17)33-23/h9,11-12,16H,8,10,13-14H2,1-7H3,(H,28,29). The largest absolute Gasteiger partial charge is 0.483 e. The molecule has 1 aromatic carbocycles. The molecule has 2 aromatic rings. The van der Waals surface area contributed by atoms with Crippen molar-refractivity contribution in [3.8, 4) is 5.75 Å². The van der Waals surface area contributed by atoms with Crippen molar-refractivity contribution in [1.82, 2.24) is 0 Å². The molecule has 0 spiro atoms. The molecule has 3 rings (SSSR count). The van der Waals surface area contributed by atoms with Gasteiger partial charge in [-0.3, -0.25) is 4.79 Å². The zero-order valence-corrected chi connectivity index (χ0v) is 23.0. The molecule has 0 bridgehead atoms. The molecule has 7 heteroatoms. The Morgan fingerprint density at radius 2 is 1.88 bits per heavy atom. The second-order valence-electron chi connectivity index (χ2n) is 10.7. The Balaban J connectivity index is 1.75. The van der Waals surface area contributed by atoms with Crippen LogP contribution in [0, 0.1) is 11.3 Å². The molecule has 1 aromatic heterocycles. The van der Waals surface area contributed by atoms with Gasteiger partial charge in [-0.15, -0.1) is 11.3 Å². The Morgan fingerprint density at radius 3 is 2.45 bits per heavy atom. The van der Waals surface area contributed by atoms with Crippen LogP contribution in [0.3, 0.4) is 0 Å². The van der Waals surface area contributed by atoms with E-state index in [-0.39, 0.29) is 23.3 Å². The van der Waals surface area contributed by atoms with Gasteiger partial charge in [0.1, 0.15) is 10.8 Å². The van der Waals surface area contributed by atoms with Crippen molar-refractivity contribution < 1.29 is 19.1 Å². The van der Waals surface area contributed by atoms with Gasteiger partial charge in [0.25, 0.3) is 5.91 Å². The van der Waals surface area contributed by atoms with Crippen LogP contribution >= 0.6 is 27.3 Å². The van der Waals surface area contributed by atoms with Crippen molar-refractivity contribution in [2.75, 3.05) is 19.0 Å². The topological polar surface area (TPSA) is 64.6 Å². The number of amides is 1. The Bertz CT molecular complexity index is 1050. The van der Waals surface area contributed by atoms with Gasteiger partial charge in [-0.2, -0.15) is 0 Å². The molecule has 1 unspecified atom stereocenters. The van der Waals surface area contributed by atoms with Crippen LogP contribution in [0.4, 0.5) is 5.00 Å². The Kier molecular flexibility index (Phi) is 7.64. The number of rotatable bonds is 5. The number of nitrogens with one attached hydrogen (secondary N) is 1. The van der Waals surface area contributed by atoms with Crippen LogP contribution in [-0.2, 0) is 27.8 Å². The number of hydrogen-bond donors (Lipinski definition) is 1. The highest BCUT2D eigenvalue weighted by Crippen LogP contribution is 2.44. The predicted octanol–water partition coefficient (Wildman–Crippen LogP) is 6.76. The lowest BCUT2D eigenvalue weighted by atomic mass is 9.72. The van der Waals surface area contributed by atoms with Gasteiger partial charge in [-0.1, -0.05) is 47.6 Å². The van der Waals surface area contributed by atoms with E-state index in [0.29, 0.717) is 22.2 Å². The molecule has 1 atom stereocenters. The fourth-order valence-corrected chi connectivity index (χ4v) is 5.95. The Morgan fingerprint density at radius 1 is 1.18 bits per heavy atom. The fourth-order valence-electron chi connectivity index (χ4n) is 4.12. The number of esters is 1. The van der Waals surface area contributed by atoms with E-state index >= 15 is 0 Å². The van der Waals surface area contributed by atoms with E-state index < -0.39 is 5.97 Å². The molecule has 0 radical (unpaired) electrons. The highest BCUT2D eigenvalue weighted by molar-refractivity contribution is 9.10. The van der Waals surface area contributed by atoms with Crippen molar-refractivity contribution in [3.63, 3.8) is 0 Å². The van der Waals surface area contributed by atoms with Crippen molar-refractivity contribution in [3.05, 3.63) is 44.2 Å². The lowest BCUT2D eigenvalue weighted by molar-refractivity contribution is -0.118. The molecule has 180 valence electrons. The van der Waals surface area contributed by atoms with Crippen LogP contribution in [0.25, 0.3) is 0 Å². The molecule has 0 fully saturated rings. The predicted molar refractivity (Wildman–Crippen MR) is 138 cm³/mol. The molecule has 5 nitrogen and oxygen atoms in total. The number of carbonyl (C=O) groups excluding carboxylic acids is 2. The summed E-state index contributed by atoms with van der Waals surface area (Å²) >= 11 is 5.03. The highest BCUT2D eigenvalue weighted by atomic mass is 79.9. The molecular weight excluding hydrogens is 502 g/mol. The van der Waals surface area contributed by atoms with Gasteiger partial charge in [0.2, 0.25) is 0 Å². The third-order valence-corrected chi connectivity index (χ3v) is 8.08. The molecule has 1 heterocycles. The number of fused-ring (bicyclic) bond motifs is 1. The fraction of sp³-hybridized carbons (Fsp3) is 0.538. The maximum Gasteiger partial charge on any atom is 0.341 e. The first-order valence-corrected chi connectivity index (χ1v) is 12.9. The smallest absolute Gasteiger partial charge is 0.341 e. The van der Waals surface area contributed by atoms with Gasteiger partial charge >= 0.3 is 5.97 Å². The van der Waals surface area contributed by atoms with Gasteiger partial charge in [0.15, 0.2) is 6.61 Å². The molecule has 33 heavy (non-hydrogen) atoms. The molecule has 1 aliphatic carbocycles. The number of anilines is 1. The van der Waals surface area contributed by atoms with Gasteiger partial charge < -0.3 is 14.8 Å². The van der Waals surface area contributed by atoms with E-state index in [0.717, 1.165) is 29.3 Å². The van der Waals surface area contributed by atoms with Crippen LogP contribution in [0.5, 0.6) is 5.75 Å². The van der Waals surface area contributed by atoms with Crippen molar-refractivity contribution in [2.24, 2.45) is 11.3 Å². The number of halogens is 1. The first kappa shape index (κ1) is 25.8. The van der Waals surface area contributed by atoms with Crippen LogP contribution < -0.4 is 10.1 Å². The van der Waals surface area contributed by atoms with Gasteiger partial charge in [0.05, 0.1) is 17.1 Å². The molecule has 1 N–H and O–H groups in total. The third kappa shape index (κ3) is 5.99. The molecular formula is C26H34BrNO4S. The quantitative estimate of drug-likeness (QED) is 0.429. The first-order chi connectivity index (χ1) is 15.3. The highest BCUT2D eigenvalue weighted by Gasteiger charge is 2.34. The van der Waals surface area contributed by atoms with E-state index in [2.05, 4.69) is 62.8 Å². The summed E-state index contributed by atoms with van der Waals surface area (Å²) in [4.78, 5) is 26.5. The zero-order chi connectivity index (χ0) is 24.6. The molecule has 1 amide bonds. The van der Waals surface area contributed by atoms with E-state index in [1.165, 1.54) is 28.9 Å². The maximum atomic E-state index is 12.7. The van der Waals surface area contributed by atoms with E-state index in [9.17, 15) is 9.59 Å². The molecule has 1 aliphatic rings. The normalized spacial score (nSPS) is 16.2. The SMILES string of the molecule is COC(=O)c1c(NC(=O)COc2ccc(C(C)(C)C)cc2Br)sc2c1CCC(C(C)(C)C)C2. The number of thiophene rings is 1.